The summed E-state index contributed by atoms with van der Waals surface area (Å²) >= 11 is 0. The van der Waals surface area contributed by atoms with Crippen molar-refractivity contribution in [1.82, 2.24) is 29.9 Å². The molecule has 1 aliphatic heterocycles. The number of benzene rings is 1. The normalized spacial score (nSPS) is 15.4. The number of carbonyl (C=O) groups is 1. The van der Waals surface area contributed by atoms with Crippen molar-refractivity contribution in [2.75, 3.05) is 13.1 Å². The van der Waals surface area contributed by atoms with Gasteiger partial charge in [0.2, 0.25) is 5.91 Å². The lowest BCUT2D eigenvalue weighted by Gasteiger charge is -2.32. The van der Waals surface area contributed by atoms with Crippen LogP contribution in [-0.4, -0.2) is 48.9 Å². The number of H-pyrrole nitrogens is 1. The van der Waals surface area contributed by atoms with Crippen LogP contribution >= 0.6 is 0 Å². The van der Waals surface area contributed by atoms with Gasteiger partial charge in [-0.25, -0.2) is 14.1 Å². The van der Waals surface area contributed by atoms with E-state index in [-0.39, 0.29) is 41.2 Å². The molecule has 0 bridgehead atoms. The van der Waals surface area contributed by atoms with Gasteiger partial charge in [0.05, 0.1) is 6.54 Å². The first-order chi connectivity index (χ1) is 13.9. The van der Waals surface area contributed by atoms with Gasteiger partial charge in [-0.3, -0.25) is 9.59 Å². The number of piperidine rings is 1. The van der Waals surface area contributed by atoms with Gasteiger partial charge in [0, 0.05) is 30.5 Å². The largest absolute Gasteiger partial charge is 0.342 e. The minimum atomic E-state index is -0.356. The lowest BCUT2D eigenvalue weighted by molar-refractivity contribution is -0.135. The summed E-state index contributed by atoms with van der Waals surface area (Å²) in [5.74, 6) is 0.381. The van der Waals surface area contributed by atoms with Crippen LogP contribution < -0.4 is 5.56 Å². The van der Waals surface area contributed by atoms with Crippen LogP contribution in [0, 0.1) is 11.7 Å². The van der Waals surface area contributed by atoms with Crippen molar-refractivity contribution in [1.29, 1.82) is 0 Å². The maximum Gasteiger partial charge on any atom is 0.281 e. The number of fused-ring (bicyclic) bond motifs is 1. The van der Waals surface area contributed by atoms with Crippen molar-refractivity contribution in [2.24, 2.45) is 5.92 Å². The van der Waals surface area contributed by atoms with Crippen molar-refractivity contribution in [3.05, 3.63) is 51.8 Å². The molecule has 8 nitrogen and oxygen atoms in total. The molecule has 0 saturated carbocycles. The Balaban J connectivity index is 1.60. The molecule has 3 heterocycles. The van der Waals surface area contributed by atoms with Crippen molar-refractivity contribution >= 4 is 17.1 Å². The van der Waals surface area contributed by atoms with E-state index in [0.29, 0.717) is 30.1 Å². The van der Waals surface area contributed by atoms with E-state index in [2.05, 4.69) is 20.3 Å². The van der Waals surface area contributed by atoms with Crippen LogP contribution in [0.15, 0.2) is 29.1 Å². The summed E-state index contributed by atoms with van der Waals surface area (Å²) in [6.07, 6.45) is 1.45. The van der Waals surface area contributed by atoms with Gasteiger partial charge in [0.1, 0.15) is 11.6 Å². The molecular weight excluding hydrogens is 375 g/mol. The summed E-state index contributed by atoms with van der Waals surface area (Å²) in [4.78, 5) is 34.0. The zero-order valence-corrected chi connectivity index (χ0v) is 16.4. The Labute approximate surface area is 166 Å². The van der Waals surface area contributed by atoms with E-state index in [1.807, 2.05) is 18.7 Å². The molecule has 0 aliphatic carbocycles. The predicted octanol–water partition coefficient (Wildman–Crippen LogP) is 2.06. The first kappa shape index (κ1) is 19.2. The molecule has 152 valence electrons. The van der Waals surface area contributed by atoms with E-state index >= 15 is 0 Å². The molecule has 1 saturated heterocycles. The van der Waals surface area contributed by atoms with Gasteiger partial charge in [-0.2, -0.15) is 0 Å². The van der Waals surface area contributed by atoms with E-state index in [0.717, 1.165) is 12.8 Å². The Kier molecular flexibility index (Phi) is 5.12. The molecule has 4 rings (SSSR count). The molecule has 2 aromatic heterocycles. The van der Waals surface area contributed by atoms with Gasteiger partial charge >= 0.3 is 0 Å². The fraction of sp³-hybridized carbons (Fsp3) is 0.450. The van der Waals surface area contributed by atoms with Gasteiger partial charge in [0.25, 0.3) is 5.56 Å². The minimum absolute atomic E-state index is 0.0281. The summed E-state index contributed by atoms with van der Waals surface area (Å²) < 4.78 is 15.5. The monoisotopic (exact) mass is 398 g/mol. The second kappa shape index (κ2) is 7.73. The van der Waals surface area contributed by atoms with Gasteiger partial charge in [-0.1, -0.05) is 37.3 Å². The summed E-state index contributed by atoms with van der Waals surface area (Å²) in [6, 6.07) is 6.41. The van der Waals surface area contributed by atoms with E-state index in [1.54, 1.807) is 18.2 Å². The molecule has 29 heavy (non-hydrogen) atoms. The van der Waals surface area contributed by atoms with Crippen LogP contribution in [0.25, 0.3) is 11.2 Å². The lowest BCUT2D eigenvalue weighted by atomic mass is 9.95. The van der Waals surface area contributed by atoms with Crippen molar-refractivity contribution in [3.8, 4) is 0 Å². The predicted molar refractivity (Wildman–Crippen MR) is 105 cm³/mol. The second-order valence-electron chi connectivity index (χ2n) is 7.72. The molecule has 0 unspecified atom stereocenters. The Bertz CT molecular complexity index is 1100. The average Bonchev–Trinajstić information content (AvgIpc) is 3.12. The Hall–Kier alpha value is -3.10. The number of nitrogens with zero attached hydrogens (tertiary/aromatic N) is 5. The van der Waals surface area contributed by atoms with Crippen LogP contribution in [0.1, 0.15) is 44.0 Å². The number of rotatable bonds is 4. The molecule has 9 heteroatoms. The quantitative estimate of drug-likeness (QED) is 0.726. The smallest absolute Gasteiger partial charge is 0.281 e. The van der Waals surface area contributed by atoms with Crippen molar-refractivity contribution in [3.63, 3.8) is 0 Å². The average molecular weight is 398 g/mol. The zero-order valence-electron chi connectivity index (χ0n) is 16.4. The Morgan fingerprint density at radius 2 is 2.00 bits per heavy atom. The molecule has 0 atom stereocenters. The molecule has 1 aliphatic rings. The zero-order chi connectivity index (χ0) is 20.5. The lowest BCUT2D eigenvalue weighted by Crippen LogP contribution is -2.40. The van der Waals surface area contributed by atoms with Gasteiger partial charge in [-0.05, 0) is 18.9 Å². The number of likely N-dealkylation sites (tertiary alicyclic amines) is 1. The first-order valence-corrected chi connectivity index (χ1v) is 9.79. The Morgan fingerprint density at radius 3 is 2.69 bits per heavy atom. The highest BCUT2D eigenvalue weighted by atomic mass is 19.1. The highest BCUT2D eigenvalue weighted by molar-refractivity contribution is 5.78. The highest BCUT2D eigenvalue weighted by Crippen LogP contribution is 2.26. The number of aromatic amines is 1. The second-order valence-corrected chi connectivity index (χ2v) is 7.72. The number of amides is 1. The van der Waals surface area contributed by atoms with Crippen molar-refractivity contribution < 1.29 is 9.18 Å². The third-order valence-corrected chi connectivity index (χ3v) is 5.36. The molecule has 0 spiro atoms. The third kappa shape index (κ3) is 3.76. The van der Waals surface area contributed by atoms with Crippen LogP contribution in [0.4, 0.5) is 4.39 Å². The first-order valence-electron chi connectivity index (χ1n) is 9.79. The fourth-order valence-electron chi connectivity index (χ4n) is 3.71. The minimum Gasteiger partial charge on any atom is -0.342 e. The topological polar surface area (TPSA) is 96.8 Å². The van der Waals surface area contributed by atoms with Gasteiger partial charge in [-0.15, -0.1) is 5.10 Å². The molecular formula is C20H23FN6O2. The summed E-state index contributed by atoms with van der Waals surface area (Å²) in [7, 11) is 0. The van der Waals surface area contributed by atoms with E-state index < -0.39 is 0 Å². The summed E-state index contributed by atoms with van der Waals surface area (Å²) in [6.45, 7) is 5.20. The third-order valence-electron chi connectivity index (χ3n) is 5.36. The van der Waals surface area contributed by atoms with Crippen molar-refractivity contribution in [2.45, 2.75) is 39.2 Å². The van der Waals surface area contributed by atoms with Crippen LogP contribution in [0.3, 0.4) is 0 Å². The highest BCUT2D eigenvalue weighted by Gasteiger charge is 2.27. The number of hydrogen-bond acceptors (Lipinski definition) is 5. The van der Waals surface area contributed by atoms with E-state index in [1.165, 1.54) is 10.7 Å². The number of carbonyl (C=O) groups excluding carboxylic acids is 1. The molecule has 1 N–H and O–H groups in total. The maximum atomic E-state index is 14.0. The van der Waals surface area contributed by atoms with E-state index in [9.17, 15) is 14.0 Å². The maximum absolute atomic E-state index is 14.0. The summed E-state index contributed by atoms with van der Waals surface area (Å²) in [5, 5.41) is 7.91. The Morgan fingerprint density at radius 1 is 1.28 bits per heavy atom. The number of aromatic nitrogens is 5. The van der Waals surface area contributed by atoms with E-state index in [4.69, 9.17) is 0 Å². The summed E-state index contributed by atoms with van der Waals surface area (Å²) in [5.41, 5.74) is 0.569. The number of nitrogens with one attached hydrogen (secondary N) is 1. The standard InChI is InChI=1S/C20H23FN6O2/c1-12(2)20(29)26-9-7-13(8-10-26)17-22-18-16(19(28)23-17)24-25-27(18)11-14-5-3-4-6-15(14)21/h3-6,12-13H,7-11H2,1-2H3,(H,22,23,28). The molecule has 3 aromatic rings. The number of hydrogen-bond donors (Lipinski definition) is 1. The molecule has 1 aromatic carbocycles. The van der Waals surface area contributed by atoms with Crippen LogP contribution in [-0.2, 0) is 11.3 Å². The van der Waals surface area contributed by atoms with Gasteiger partial charge < -0.3 is 9.88 Å². The molecule has 0 radical (unpaired) electrons. The number of halogens is 1. The fourth-order valence-corrected chi connectivity index (χ4v) is 3.71. The SMILES string of the molecule is CC(C)C(=O)N1CCC(c2nc3c(nnn3Cc3ccccc3F)c(=O)[nH]2)CC1. The van der Waals surface area contributed by atoms with Crippen LogP contribution in [0.5, 0.6) is 0 Å². The van der Waals surface area contributed by atoms with Gasteiger partial charge in [0.15, 0.2) is 11.2 Å². The molecule has 1 fully saturated rings. The molecule has 1 amide bonds. The van der Waals surface area contributed by atoms with Crippen LogP contribution in [0.2, 0.25) is 0 Å².